The Morgan fingerprint density at radius 3 is 2.32 bits per heavy atom. The lowest BCUT2D eigenvalue weighted by Gasteiger charge is -2.19. The van der Waals surface area contributed by atoms with E-state index in [9.17, 15) is 14.4 Å². The molecule has 1 aromatic carbocycles. The van der Waals surface area contributed by atoms with Gasteiger partial charge in [-0.3, -0.25) is 9.59 Å². The molecule has 0 saturated carbocycles. The number of hydrogen-bond acceptors (Lipinski definition) is 7. The van der Waals surface area contributed by atoms with E-state index < -0.39 is 11.9 Å². The van der Waals surface area contributed by atoms with Gasteiger partial charge in [0.1, 0.15) is 11.6 Å². The average Bonchev–Trinajstić information content (AvgIpc) is 3.02. The zero-order valence-electron chi connectivity index (χ0n) is 18.4. The minimum atomic E-state index is -0.665. The molecule has 0 saturated heterocycles. The van der Waals surface area contributed by atoms with E-state index in [1.807, 2.05) is 12.1 Å². The summed E-state index contributed by atoms with van der Waals surface area (Å²) < 4.78 is 10.0. The van der Waals surface area contributed by atoms with Crippen molar-refractivity contribution < 1.29 is 23.9 Å². The van der Waals surface area contributed by atoms with Crippen LogP contribution < -0.4 is 11.1 Å². The van der Waals surface area contributed by atoms with E-state index in [1.54, 1.807) is 6.92 Å². The van der Waals surface area contributed by atoms with E-state index in [-0.39, 0.29) is 45.7 Å². The minimum Gasteiger partial charge on any atom is -0.460 e. The van der Waals surface area contributed by atoms with Crippen molar-refractivity contribution in [3.63, 3.8) is 0 Å². The van der Waals surface area contributed by atoms with E-state index in [4.69, 9.17) is 15.2 Å². The molecule has 1 aromatic heterocycles. The molecule has 0 aliphatic carbocycles. The summed E-state index contributed by atoms with van der Waals surface area (Å²) in [7, 11) is 1.49. The fraction of sp³-hybridized carbons (Fsp3) is 0.409. The molecule has 7 nitrogen and oxygen atoms in total. The van der Waals surface area contributed by atoms with Crippen molar-refractivity contribution in [1.29, 1.82) is 0 Å². The number of benzene rings is 1. The van der Waals surface area contributed by atoms with Crippen LogP contribution in [0.3, 0.4) is 0 Å². The fourth-order valence-corrected chi connectivity index (χ4v) is 4.50. The van der Waals surface area contributed by atoms with E-state index in [0.717, 1.165) is 16.2 Å². The monoisotopic (exact) mass is 464 g/mol. The predicted octanol–water partition coefficient (Wildman–Crippen LogP) is 3.99. The lowest BCUT2D eigenvalue weighted by molar-refractivity contribution is -0.113. The van der Waals surface area contributed by atoms with Crippen LogP contribution in [0.1, 0.15) is 51.9 Å². The van der Waals surface area contributed by atoms with Crippen LogP contribution in [-0.4, -0.2) is 43.9 Å². The summed E-state index contributed by atoms with van der Waals surface area (Å²) in [6.07, 6.45) is 0. The first kappa shape index (κ1) is 24.9. The van der Waals surface area contributed by atoms with Gasteiger partial charge >= 0.3 is 5.97 Å². The standard InChI is InChI=1S/C22H28N2O5S2/c1-13-17(21(27)29-11-10-28-5)20(31-18(13)19(23)26)24-16(25)12-30-15-8-6-14(7-9-15)22(2,3)4/h6-9H,10-12H2,1-5H3,(H2,23,26)(H,24,25). The molecule has 9 heteroatoms. The number of esters is 1. The number of carbonyl (C=O) groups excluding carboxylic acids is 3. The van der Waals surface area contributed by atoms with Gasteiger partial charge in [0.25, 0.3) is 5.91 Å². The second-order valence-corrected chi connectivity index (χ2v) is 9.93. The van der Waals surface area contributed by atoms with E-state index in [1.165, 1.54) is 24.4 Å². The summed E-state index contributed by atoms with van der Waals surface area (Å²) in [6, 6.07) is 8.07. The Morgan fingerprint density at radius 2 is 1.77 bits per heavy atom. The fourth-order valence-electron chi connectivity index (χ4n) is 2.73. The largest absolute Gasteiger partial charge is 0.460 e. The zero-order valence-corrected chi connectivity index (χ0v) is 20.0. The van der Waals surface area contributed by atoms with Gasteiger partial charge in [0.15, 0.2) is 0 Å². The smallest absolute Gasteiger partial charge is 0.341 e. The molecule has 0 radical (unpaired) electrons. The maximum absolute atomic E-state index is 12.5. The number of thioether (sulfide) groups is 1. The van der Waals surface area contributed by atoms with Crippen molar-refractivity contribution in [3.8, 4) is 0 Å². The Labute approximate surface area is 190 Å². The van der Waals surface area contributed by atoms with Gasteiger partial charge in [0.2, 0.25) is 5.91 Å². The first-order valence-corrected chi connectivity index (χ1v) is 11.5. The highest BCUT2D eigenvalue weighted by molar-refractivity contribution is 8.00. The van der Waals surface area contributed by atoms with E-state index in [2.05, 4.69) is 38.2 Å². The van der Waals surface area contributed by atoms with Gasteiger partial charge in [-0.15, -0.1) is 23.1 Å². The lowest BCUT2D eigenvalue weighted by Crippen LogP contribution is -2.17. The second kappa shape index (κ2) is 10.8. The first-order chi connectivity index (χ1) is 14.5. The molecule has 0 aliphatic heterocycles. The molecule has 2 aromatic rings. The van der Waals surface area contributed by atoms with Gasteiger partial charge in [-0.2, -0.15) is 0 Å². The topological polar surface area (TPSA) is 108 Å². The summed E-state index contributed by atoms with van der Waals surface area (Å²) in [5.74, 6) is -1.45. The third-order valence-electron chi connectivity index (χ3n) is 4.44. The molecule has 0 aliphatic rings. The summed E-state index contributed by atoms with van der Waals surface area (Å²) in [5, 5.41) is 2.97. The van der Waals surface area contributed by atoms with Gasteiger partial charge in [-0.1, -0.05) is 32.9 Å². The number of anilines is 1. The van der Waals surface area contributed by atoms with Gasteiger partial charge in [-0.05, 0) is 35.6 Å². The van der Waals surface area contributed by atoms with Crippen LogP contribution in [0.4, 0.5) is 5.00 Å². The van der Waals surface area contributed by atoms with Crippen molar-refractivity contribution in [3.05, 3.63) is 45.8 Å². The number of nitrogens with two attached hydrogens (primary N) is 1. The molecule has 0 unspecified atom stereocenters. The number of thiophene rings is 1. The van der Waals surface area contributed by atoms with Gasteiger partial charge in [0, 0.05) is 12.0 Å². The van der Waals surface area contributed by atoms with Gasteiger partial charge < -0.3 is 20.5 Å². The van der Waals surface area contributed by atoms with Crippen molar-refractivity contribution in [2.75, 3.05) is 31.4 Å². The molecule has 31 heavy (non-hydrogen) atoms. The number of rotatable bonds is 9. The molecule has 0 bridgehead atoms. The average molecular weight is 465 g/mol. The molecular weight excluding hydrogens is 436 g/mol. The first-order valence-electron chi connectivity index (χ1n) is 9.67. The molecule has 0 spiro atoms. The highest BCUT2D eigenvalue weighted by Gasteiger charge is 2.26. The third kappa shape index (κ3) is 6.81. The van der Waals surface area contributed by atoms with Crippen LogP contribution in [0.5, 0.6) is 0 Å². The zero-order chi connectivity index (χ0) is 23.2. The molecule has 0 atom stereocenters. The predicted molar refractivity (Wildman–Crippen MR) is 124 cm³/mol. The number of nitrogens with one attached hydrogen (secondary N) is 1. The van der Waals surface area contributed by atoms with Crippen LogP contribution >= 0.6 is 23.1 Å². The minimum absolute atomic E-state index is 0.0595. The molecule has 1 heterocycles. The molecule has 0 fully saturated rings. The number of primary amides is 1. The number of ether oxygens (including phenoxy) is 2. The number of methoxy groups -OCH3 is 1. The van der Waals surface area contributed by atoms with E-state index >= 15 is 0 Å². The van der Waals surface area contributed by atoms with Crippen LogP contribution in [0.2, 0.25) is 0 Å². The summed E-state index contributed by atoms with van der Waals surface area (Å²) in [6.45, 7) is 8.33. The van der Waals surface area contributed by atoms with E-state index in [0.29, 0.717) is 5.56 Å². The molecule has 168 valence electrons. The Morgan fingerprint density at radius 1 is 1.13 bits per heavy atom. The quantitative estimate of drug-likeness (QED) is 0.330. The highest BCUT2D eigenvalue weighted by Crippen LogP contribution is 2.34. The highest BCUT2D eigenvalue weighted by atomic mass is 32.2. The number of hydrogen-bond donors (Lipinski definition) is 2. The van der Waals surface area contributed by atoms with Crippen molar-refractivity contribution in [2.45, 2.75) is 38.0 Å². The molecule has 2 rings (SSSR count). The van der Waals surface area contributed by atoms with Crippen LogP contribution in [0.25, 0.3) is 0 Å². The van der Waals surface area contributed by atoms with Crippen LogP contribution in [-0.2, 0) is 19.7 Å². The number of amides is 2. The molecule has 2 amide bonds. The Kier molecular flexibility index (Phi) is 8.67. The Bertz CT molecular complexity index is 946. The van der Waals surface area contributed by atoms with Gasteiger partial charge in [0.05, 0.1) is 22.8 Å². The molecule has 3 N–H and O–H groups in total. The summed E-state index contributed by atoms with van der Waals surface area (Å²) in [5.41, 5.74) is 7.21. The Hall–Kier alpha value is -2.36. The van der Waals surface area contributed by atoms with Crippen molar-refractivity contribution in [1.82, 2.24) is 0 Å². The Balaban J connectivity index is 2.10. The maximum atomic E-state index is 12.5. The second-order valence-electron chi connectivity index (χ2n) is 7.86. The normalized spacial score (nSPS) is 11.3. The lowest BCUT2D eigenvalue weighted by atomic mass is 9.87. The van der Waals surface area contributed by atoms with Gasteiger partial charge in [-0.25, -0.2) is 4.79 Å². The SMILES string of the molecule is COCCOC(=O)c1c(NC(=O)CSc2ccc(C(C)(C)C)cc2)sc(C(N)=O)c1C. The van der Waals surface area contributed by atoms with Crippen LogP contribution in [0.15, 0.2) is 29.2 Å². The van der Waals surface area contributed by atoms with Crippen molar-refractivity contribution >= 4 is 45.9 Å². The summed E-state index contributed by atoms with van der Waals surface area (Å²) >= 11 is 2.35. The van der Waals surface area contributed by atoms with Crippen LogP contribution in [0, 0.1) is 6.92 Å². The van der Waals surface area contributed by atoms with Crippen molar-refractivity contribution in [2.24, 2.45) is 5.73 Å². The molecular formula is C22H28N2O5S2. The number of carbonyl (C=O) groups is 3. The third-order valence-corrected chi connectivity index (χ3v) is 6.67. The maximum Gasteiger partial charge on any atom is 0.341 e. The summed E-state index contributed by atoms with van der Waals surface area (Å²) in [4.78, 5) is 37.9.